The van der Waals surface area contributed by atoms with E-state index >= 15 is 0 Å². The second kappa shape index (κ2) is 7.19. The molecule has 0 bridgehead atoms. The highest BCUT2D eigenvalue weighted by Gasteiger charge is 2.40. The molecule has 1 N–H and O–H groups in total. The van der Waals surface area contributed by atoms with Crippen molar-refractivity contribution >= 4 is 5.91 Å². The Kier molecular flexibility index (Phi) is 4.19. The lowest BCUT2D eigenvalue weighted by atomic mass is 10.1. The minimum Gasteiger partial charge on any atom is -0.335 e. The van der Waals surface area contributed by atoms with E-state index in [0.29, 0.717) is 30.4 Å². The summed E-state index contributed by atoms with van der Waals surface area (Å²) in [5.74, 6) is 1.06. The van der Waals surface area contributed by atoms with Gasteiger partial charge in [-0.05, 0) is 30.0 Å². The number of amides is 1. The van der Waals surface area contributed by atoms with Gasteiger partial charge in [0.1, 0.15) is 5.69 Å². The lowest BCUT2D eigenvalue weighted by molar-refractivity contribution is -0.129. The van der Waals surface area contributed by atoms with Crippen LogP contribution >= 0.6 is 0 Å². The topological polar surface area (TPSA) is 87.9 Å². The molecule has 31 heavy (non-hydrogen) atoms. The number of nitrogens with one attached hydrogen (secondary N) is 1. The molecule has 4 aromatic rings. The Morgan fingerprint density at radius 3 is 2.81 bits per heavy atom. The maximum absolute atomic E-state index is 12.8. The third kappa shape index (κ3) is 3.13. The molecule has 2 aliphatic rings. The molecular weight excluding hydrogens is 390 g/mol. The first-order valence-electron chi connectivity index (χ1n) is 10.6. The highest BCUT2D eigenvalue weighted by molar-refractivity contribution is 5.80. The fourth-order valence-corrected chi connectivity index (χ4v) is 4.76. The van der Waals surface area contributed by atoms with Crippen molar-refractivity contribution in [1.82, 2.24) is 25.2 Å². The van der Waals surface area contributed by atoms with E-state index in [2.05, 4.69) is 44.6 Å². The molecule has 7 heteroatoms. The Bertz CT molecular complexity index is 1250. The van der Waals surface area contributed by atoms with E-state index in [1.54, 1.807) is 0 Å². The van der Waals surface area contributed by atoms with Crippen LogP contribution < -0.4 is 0 Å². The molecule has 0 radical (unpaired) electrons. The number of carbonyl (C=O) groups is 1. The van der Waals surface area contributed by atoms with Gasteiger partial charge in [0.25, 0.3) is 5.89 Å². The summed E-state index contributed by atoms with van der Waals surface area (Å²) in [6, 6.07) is 20.4. The summed E-state index contributed by atoms with van der Waals surface area (Å²) in [4.78, 5) is 19.4. The van der Waals surface area contributed by atoms with Gasteiger partial charge in [-0.15, -0.1) is 0 Å². The van der Waals surface area contributed by atoms with Crippen LogP contribution in [-0.4, -0.2) is 37.7 Å². The Balaban J connectivity index is 1.21. The van der Waals surface area contributed by atoms with E-state index in [1.807, 2.05) is 41.3 Å². The molecule has 7 nitrogen and oxygen atoms in total. The number of aryl methyl sites for hydroxylation is 1. The first-order chi connectivity index (χ1) is 15.3. The minimum atomic E-state index is -0.0609. The molecule has 1 amide bonds. The second-order valence-electron chi connectivity index (χ2n) is 8.19. The zero-order valence-corrected chi connectivity index (χ0v) is 16.9. The molecule has 2 atom stereocenters. The average Bonchev–Trinajstić information content (AvgIpc) is 3.59. The van der Waals surface area contributed by atoms with E-state index in [9.17, 15) is 4.79 Å². The van der Waals surface area contributed by atoms with Gasteiger partial charge in [-0.25, -0.2) is 0 Å². The number of likely N-dealkylation sites (tertiary alicyclic amines) is 1. The van der Waals surface area contributed by atoms with Crippen molar-refractivity contribution in [2.24, 2.45) is 0 Å². The van der Waals surface area contributed by atoms with E-state index in [4.69, 9.17) is 4.52 Å². The van der Waals surface area contributed by atoms with Crippen LogP contribution in [0.2, 0.25) is 0 Å². The number of hydrogen-bond acceptors (Lipinski definition) is 5. The highest BCUT2D eigenvalue weighted by Crippen LogP contribution is 2.40. The Hall–Kier alpha value is -3.74. The third-order valence-corrected chi connectivity index (χ3v) is 6.32. The van der Waals surface area contributed by atoms with Gasteiger partial charge in [-0.2, -0.15) is 10.1 Å². The Morgan fingerprint density at radius 2 is 1.90 bits per heavy atom. The lowest BCUT2D eigenvalue weighted by Gasteiger charge is -2.25. The molecule has 3 heterocycles. The summed E-state index contributed by atoms with van der Waals surface area (Å²) in [6.07, 6.45) is 2.41. The normalized spacial score (nSPS) is 20.4. The maximum Gasteiger partial charge on any atom is 0.275 e. The Morgan fingerprint density at radius 1 is 1.06 bits per heavy atom. The van der Waals surface area contributed by atoms with Crippen LogP contribution in [0.4, 0.5) is 0 Å². The van der Waals surface area contributed by atoms with Crippen LogP contribution in [0.15, 0.2) is 65.2 Å². The average molecular weight is 411 g/mol. The van der Waals surface area contributed by atoms with Gasteiger partial charge in [0, 0.05) is 24.4 Å². The summed E-state index contributed by atoms with van der Waals surface area (Å²) >= 11 is 0. The van der Waals surface area contributed by atoms with E-state index in [0.717, 1.165) is 24.1 Å². The largest absolute Gasteiger partial charge is 0.335 e. The monoisotopic (exact) mass is 411 g/mol. The number of benzene rings is 2. The predicted octanol–water partition coefficient (Wildman–Crippen LogP) is 4.13. The SMILES string of the molecule is O=C1CC(c2noc(-c3cc(-c4ccccc4)n[nH]3)n2)CN1C1CCc2ccccc21. The molecule has 2 aromatic heterocycles. The summed E-state index contributed by atoms with van der Waals surface area (Å²) in [5.41, 5.74) is 5.12. The van der Waals surface area contributed by atoms with Crippen molar-refractivity contribution in [2.45, 2.75) is 31.2 Å². The molecular formula is C24H21N5O2. The third-order valence-electron chi connectivity index (χ3n) is 6.32. The second-order valence-corrected chi connectivity index (χ2v) is 8.19. The first-order valence-corrected chi connectivity index (χ1v) is 10.6. The number of carbonyl (C=O) groups excluding carboxylic acids is 1. The zero-order chi connectivity index (χ0) is 20.8. The number of fused-ring (bicyclic) bond motifs is 1. The van der Waals surface area contributed by atoms with Gasteiger partial charge in [0.15, 0.2) is 5.82 Å². The fourth-order valence-electron chi connectivity index (χ4n) is 4.76. The first kappa shape index (κ1) is 18.1. The quantitative estimate of drug-likeness (QED) is 0.546. The van der Waals surface area contributed by atoms with Crippen molar-refractivity contribution < 1.29 is 9.32 Å². The summed E-state index contributed by atoms with van der Waals surface area (Å²) in [7, 11) is 0. The van der Waals surface area contributed by atoms with Crippen LogP contribution in [0, 0.1) is 0 Å². The van der Waals surface area contributed by atoms with Crippen LogP contribution in [-0.2, 0) is 11.2 Å². The van der Waals surface area contributed by atoms with Crippen molar-refractivity contribution in [3.05, 3.63) is 77.6 Å². The summed E-state index contributed by atoms with van der Waals surface area (Å²) in [6.45, 7) is 0.620. The zero-order valence-electron chi connectivity index (χ0n) is 16.9. The van der Waals surface area contributed by atoms with Crippen LogP contribution in [0.25, 0.3) is 22.8 Å². The predicted molar refractivity (Wildman–Crippen MR) is 114 cm³/mol. The van der Waals surface area contributed by atoms with Gasteiger partial charge in [-0.3, -0.25) is 9.89 Å². The van der Waals surface area contributed by atoms with Crippen molar-refractivity contribution in [2.75, 3.05) is 6.54 Å². The number of nitrogens with zero attached hydrogens (tertiary/aromatic N) is 4. The fraction of sp³-hybridized carbons (Fsp3) is 0.250. The summed E-state index contributed by atoms with van der Waals surface area (Å²) in [5, 5.41) is 11.5. The molecule has 0 saturated carbocycles. The molecule has 1 aliphatic heterocycles. The number of rotatable bonds is 4. The van der Waals surface area contributed by atoms with Gasteiger partial charge >= 0.3 is 0 Å². The van der Waals surface area contributed by atoms with Crippen LogP contribution in [0.5, 0.6) is 0 Å². The van der Waals surface area contributed by atoms with Crippen molar-refractivity contribution in [3.8, 4) is 22.8 Å². The van der Waals surface area contributed by atoms with Gasteiger partial charge in [-0.1, -0.05) is 59.8 Å². The van der Waals surface area contributed by atoms with Crippen molar-refractivity contribution in [3.63, 3.8) is 0 Å². The number of H-pyrrole nitrogens is 1. The van der Waals surface area contributed by atoms with Crippen LogP contribution in [0.1, 0.15) is 41.8 Å². The smallest absolute Gasteiger partial charge is 0.275 e. The molecule has 6 rings (SSSR count). The van der Waals surface area contributed by atoms with E-state index in [1.165, 1.54) is 11.1 Å². The maximum atomic E-state index is 12.8. The van der Waals surface area contributed by atoms with Gasteiger partial charge in [0.05, 0.1) is 11.7 Å². The lowest BCUT2D eigenvalue weighted by Crippen LogP contribution is -2.28. The molecule has 2 aromatic carbocycles. The highest BCUT2D eigenvalue weighted by atomic mass is 16.5. The summed E-state index contributed by atoms with van der Waals surface area (Å²) < 4.78 is 5.50. The molecule has 154 valence electrons. The van der Waals surface area contributed by atoms with Gasteiger partial charge in [0.2, 0.25) is 5.91 Å². The van der Waals surface area contributed by atoms with Crippen molar-refractivity contribution in [1.29, 1.82) is 0 Å². The molecule has 1 fully saturated rings. The molecule has 1 saturated heterocycles. The number of aromatic nitrogens is 4. The Labute approximate surface area is 179 Å². The molecule has 2 unspecified atom stereocenters. The van der Waals surface area contributed by atoms with E-state index < -0.39 is 0 Å². The number of hydrogen-bond donors (Lipinski definition) is 1. The van der Waals surface area contributed by atoms with Crippen LogP contribution in [0.3, 0.4) is 0 Å². The number of aromatic amines is 1. The minimum absolute atomic E-state index is 0.0609. The van der Waals surface area contributed by atoms with E-state index in [-0.39, 0.29) is 17.9 Å². The molecule has 1 aliphatic carbocycles. The molecule has 0 spiro atoms. The van der Waals surface area contributed by atoms with Gasteiger partial charge < -0.3 is 9.42 Å². The standard InChI is InChI=1S/C24H21N5O2/c30-22-12-17(14-29(22)21-11-10-15-6-4-5-9-18(15)21)23-25-24(31-28-23)20-13-19(26-27-20)16-7-2-1-3-8-16/h1-9,13,17,21H,10-12,14H2,(H,26,27).